The van der Waals surface area contributed by atoms with E-state index in [4.69, 9.17) is 0 Å². The third kappa shape index (κ3) is 8.93. The summed E-state index contributed by atoms with van der Waals surface area (Å²) in [6.07, 6.45) is 8.19. The Hall–Kier alpha value is -0.340. The molecule has 0 aliphatic heterocycles. The molecular formula is C14H30N2. The predicted octanol–water partition coefficient (Wildman–Crippen LogP) is 3.05. The average Bonchev–Trinajstić information content (AvgIpc) is 2.28. The lowest BCUT2D eigenvalue weighted by Crippen LogP contribution is -2.30. The maximum Gasteiger partial charge on any atom is 0.00643 e. The quantitative estimate of drug-likeness (QED) is 0.430. The Morgan fingerprint density at radius 2 is 2.06 bits per heavy atom. The predicted molar refractivity (Wildman–Crippen MR) is 73.9 cm³/mol. The molecule has 0 rings (SSSR count). The minimum absolute atomic E-state index is 0.702. The third-order valence-electron chi connectivity index (χ3n) is 3.07. The van der Waals surface area contributed by atoms with Gasteiger partial charge < -0.3 is 10.2 Å². The molecule has 2 heteroatoms. The van der Waals surface area contributed by atoms with Gasteiger partial charge in [0.2, 0.25) is 0 Å². The largest absolute Gasteiger partial charge is 0.317 e. The van der Waals surface area contributed by atoms with Crippen molar-refractivity contribution in [3.63, 3.8) is 0 Å². The Labute approximate surface area is 102 Å². The van der Waals surface area contributed by atoms with Crippen LogP contribution in [0.2, 0.25) is 0 Å². The molecule has 0 aromatic carbocycles. The number of nitrogens with zero attached hydrogens (tertiary/aromatic N) is 1. The van der Waals surface area contributed by atoms with Gasteiger partial charge in [0.25, 0.3) is 0 Å². The van der Waals surface area contributed by atoms with E-state index in [0.717, 1.165) is 13.0 Å². The van der Waals surface area contributed by atoms with Crippen LogP contribution < -0.4 is 5.32 Å². The number of allylic oxidation sites excluding steroid dienone is 1. The van der Waals surface area contributed by atoms with Crippen LogP contribution in [0.15, 0.2) is 12.7 Å². The highest BCUT2D eigenvalue weighted by Gasteiger charge is 2.07. The SMILES string of the molecule is C=CCCCN(C)C(C)CCCNCCC. The van der Waals surface area contributed by atoms with Crippen molar-refractivity contribution in [1.29, 1.82) is 0 Å². The summed E-state index contributed by atoms with van der Waals surface area (Å²) in [5.41, 5.74) is 0. The van der Waals surface area contributed by atoms with E-state index < -0.39 is 0 Å². The first kappa shape index (κ1) is 15.7. The lowest BCUT2D eigenvalue weighted by atomic mass is 10.1. The van der Waals surface area contributed by atoms with Crippen molar-refractivity contribution in [3.8, 4) is 0 Å². The van der Waals surface area contributed by atoms with Gasteiger partial charge in [0.05, 0.1) is 0 Å². The van der Waals surface area contributed by atoms with Gasteiger partial charge in [-0.05, 0) is 65.7 Å². The number of rotatable bonds is 11. The summed E-state index contributed by atoms with van der Waals surface area (Å²) in [5.74, 6) is 0. The first-order chi connectivity index (χ1) is 7.72. The normalized spacial score (nSPS) is 13.0. The molecule has 0 aromatic rings. The summed E-state index contributed by atoms with van der Waals surface area (Å²) in [7, 11) is 2.23. The van der Waals surface area contributed by atoms with Crippen molar-refractivity contribution >= 4 is 0 Å². The van der Waals surface area contributed by atoms with Gasteiger partial charge in [0.1, 0.15) is 0 Å². The Bertz CT molecular complexity index is 157. The van der Waals surface area contributed by atoms with Crippen LogP contribution >= 0.6 is 0 Å². The molecule has 0 bridgehead atoms. The summed E-state index contributed by atoms with van der Waals surface area (Å²) in [6, 6.07) is 0.702. The maximum absolute atomic E-state index is 3.75. The van der Waals surface area contributed by atoms with E-state index in [1.165, 1.54) is 38.8 Å². The van der Waals surface area contributed by atoms with E-state index in [2.05, 4.69) is 37.7 Å². The fourth-order valence-corrected chi connectivity index (χ4v) is 1.75. The highest BCUT2D eigenvalue weighted by atomic mass is 15.1. The summed E-state index contributed by atoms with van der Waals surface area (Å²) >= 11 is 0. The second kappa shape index (κ2) is 11.2. The van der Waals surface area contributed by atoms with Crippen molar-refractivity contribution in [1.82, 2.24) is 10.2 Å². The van der Waals surface area contributed by atoms with Gasteiger partial charge in [-0.1, -0.05) is 13.0 Å². The number of nitrogens with one attached hydrogen (secondary N) is 1. The van der Waals surface area contributed by atoms with Gasteiger partial charge >= 0.3 is 0 Å². The Kier molecular flexibility index (Phi) is 10.9. The molecule has 0 aromatic heterocycles. The average molecular weight is 226 g/mol. The van der Waals surface area contributed by atoms with Gasteiger partial charge in [0, 0.05) is 6.04 Å². The van der Waals surface area contributed by atoms with Crippen LogP contribution in [-0.4, -0.2) is 37.6 Å². The molecule has 0 saturated carbocycles. The molecule has 0 radical (unpaired) electrons. The summed E-state index contributed by atoms with van der Waals surface area (Å²) < 4.78 is 0. The molecule has 96 valence electrons. The summed E-state index contributed by atoms with van der Waals surface area (Å²) in [6.45, 7) is 11.8. The highest BCUT2D eigenvalue weighted by Crippen LogP contribution is 2.05. The molecule has 0 heterocycles. The molecule has 16 heavy (non-hydrogen) atoms. The van der Waals surface area contributed by atoms with Crippen molar-refractivity contribution in [2.45, 2.75) is 52.0 Å². The second-order valence-corrected chi connectivity index (χ2v) is 4.65. The zero-order valence-electron chi connectivity index (χ0n) is 11.5. The van der Waals surface area contributed by atoms with Gasteiger partial charge in [0.15, 0.2) is 0 Å². The molecule has 1 atom stereocenters. The van der Waals surface area contributed by atoms with Crippen LogP contribution in [0.25, 0.3) is 0 Å². The zero-order chi connectivity index (χ0) is 12.2. The molecule has 0 aliphatic rings. The van der Waals surface area contributed by atoms with Crippen LogP contribution in [0.4, 0.5) is 0 Å². The van der Waals surface area contributed by atoms with E-state index in [1.54, 1.807) is 0 Å². The van der Waals surface area contributed by atoms with Crippen molar-refractivity contribution < 1.29 is 0 Å². The lowest BCUT2D eigenvalue weighted by molar-refractivity contribution is 0.240. The number of unbranched alkanes of at least 4 members (excludes halogenated alkanes) is 1. The minimum Gasteiger partial charge on any atom is -0.317 e. The molecule has 0 amide bonds. The Balaban J connectivity index is 3.39. The van der Waals surface area contributed by atoms with E-state index >= 15 is 0 Å². The van der Waals surface area contributed by atoms with Crippen LogP contribution in [0.1, 0.15) is 46.0 Å². The first-order valence-electron chi connectivity index (χ1n) is 6.74. The molecule has 0 saturated heterocycles. The van der Waals surface area contributed by atoms with Gasteiger partial charge in [-0.25, -0.2) is 0 Å². The Morgan fingerprint density at radius 1 is 1.31 bits per heavy atom. The van der Waals surface area contributed by atoms with E-state index in [1.807, 2.05) is 6.08 Å². The van der Waals surface area contributed by atoms with Crippen LogP contribution in [0.5, 0.6) is 0 Å². The standard InChI is InChI=1S/C14H30N2/c1-5-7-8-13-16(4)14(3)10-9-12-15-11-6-2/h5,14-15H,1,6-13H2,2-4H3. The number of hydrogen-bond donors (Lipinski definition) is 1. The van der Waals surface area contributed by atoms with Crippen molar-refractivity contribution in [3.05, 3.63) is 12.7 Å². The molecule has 0 aliphatic carbocycles. The fourth-order valence-electron chi connectivity index (χ4n) is 1.75. The number of hydrogen-bond acceptors (Lipinski definition) is 2. The topological polar surface area (TPSA) is 15.3 Å². The Morgan fingerprint density at radius 3 is 2.69 bits per heavy atom. The zero-order valence-corrected chi connectivity index (χ0v) is 11.5. The van der Waals surface area contributed by atoms with E-state index in [9.17, 15) is 0 Å². The molecule has 0 fully saturated rings. The van der Waals surface area contributed by atoms with Crippen LogP contribution in [-0.2, 0) is 0 Å². The van der Waals surface area contributed by atoms with Crippen molar-refractivity contribution in [2.24, 2.45) is 0 Å². The fraction of sp³-hybridized carbons (Fsp3) is 0.857. The monoisotopic (exact) mass is 226 g/mol. The molecule has 2 nitrogen and oxygen atoms in total. The first-order valence-corrected chi connectivity index (χ1v) is 6.74. The molecule has 0 spiro atoms. The van der Waals surface area contributed by atoms with E-state index in [0.29, 0.717) is 6.04 Å². The highest BCUT2D eigenvalue weighted by molar-refractivity contribution is 4.69. The molecule has 1 unspecified atom stereocenters. The third-order valence-corrected chi connectivity index (χ3v) is 3.07. The lowest BCUT2D eigenvalue weighted by Gasteiger charge is -2.24. The summed E-state index contributed by atoms with van der Waals surface area (Å²) in [4.78, 5) is 2.46. The smallest absolute Gasteiger partial charge is 0.00643 e. The van der Waals surface area contributed by atoms with Crippen LogP contribution in [0.3, 0.4) is 0 Å². The van der Waals surface area contributed by atoms with Gasteiger partial charge in [-0.2, -0.15) is 0 Å². The van der Waals surface area contributed by atoms with Gasteiger partial charge in [-0.15, -0.1) is 6.58 Å². The maximum atomic E-state index is 3.75. The van der Waals surface area contributed by atoms with E-state index in [-0.39, 0.29) is 0 Å². The van der Waals surface area contributed by atoms with Gasteiger partial charge in [-0.3, -0.25) is 0 Å². The van der Waals surface area contributed by atoms with Crippen molar-refractivity contribution in [2.75, 3.05) is 26.7 Å². The second-order valence-electron chi connectivity index (χ2n) is 4.65. The molecular weight excluding hydrogens is 196 g/mol. The molecule has 1 N–H and O–H groups in total. The van der Waals surface area contributed by atoms with Crippen LogP contribution in [0, 0.1) is 0 Å². The summed E-state index contributed by atoms with van der Waals surface area (Å²) in [5, 5.41) is 3.45. The minimum atomic E-state index is 0.702.